The topological polar surface area (TPSA) is 76.2 Å². The molecule has 0 saturated carbocycles. The predicted molar refractivity (Wildman–Crippen MR) is 114 cm³/mol. The molecule has 1 aromatic rings. The second kappa shape index (κ2) is 13.0. The molecule has 7 heteroatoms. The van der Waals surface area contributed by atoms with Crippen LogP contribution in [0, 0.1) is 5.92 Å². The monoisotopic (exact) mass is 418 g/mol. The molecule has 0 aromatic heterocycles. The van der Waals surface area contributed by atoms with Crippen LogP contribution in [-0.2, 0) is 25.7 Å². The molecule has 7 nitrogen and oxygen atoms in total. The molecule has 0 N–H and O–H groups in total. The number of likely N-dealkylation sites (N-methyl/N-ethyl adjacent to an activating group) is 1. The van der Waals surface area contributed by atoms with Crippen LogP contribution in [0.3, 0.4) is 0 Å². The Kier molecular flexibility index (Phi) is 10.3. The lowest BCUT2D eigenvalue weighted by Gasteiger charge is -2.30. The zero-order valence-corrected chi connectivity index (χ0v) is 18.2. The molecule has 0 radical (unpaired) electrons. The average molecular weight is 419 g/mol. The van der Waals surface area contributed by atoms with Crippen molar-refractivity contribution in [3.8, 4) is 0 Å². The number of carbonyl (C=O) groups is 3. The first-order valence-corrected chi connectivity index (χ1v) is 10.9. The van der Waals surface area contributed by atoms with E-state index in [0.717, 1.165) is 18.5 Å². The van der Waals surface area contributed by atoms with Crippen molar-refractivity contribution in [2.45, 2.75) is 46.1 Å². The summed E-state index contributed by atoms with van der Waals surface area (Å²) in [6, 6.07) is 9.59. The number of likely N-dealkylation sites (tertiary alicyclic amines) is 1. The first-order chi connectivity index (χ1) is 14.5. The standard InChI is InChI=1S/C23H34N2O5/c1-3-24(17-22(27)29-4-2)14-8-11-21(26)20-12-15-25(16-13-20)23(28)30-18-19-9-6-5-7-10-19/h5-7,9-10,20H,3-4,8,11-18H2,1-2H3. The third-order valence-corrected chi connectivity index (χ3v) is 5.42. The third kappa shape index (κ3) is 8.14. The molecule has 2 rings (SSSR count). The van der Waals surface area contributed by atoms with Crippen LogP contribution in [0.1, 0.15) is 45.1 Å². The maximum Gasteiger partial charge on any atom is 0.410 e. The molecule has 1 fully saturated rings. The third-order valence-electron chi connectivity index (χ3n) is 5.42. The largest absolute Gasteiger partial charge is 0.465 e. The van der Waals surface area contributed by atoms with Gasteiger partial charge in [-0.2, -0.15) is 0 Å². The summed E-state index contributed by atoms with van der Waals surface area (Å²) in [4.78, 5) is 40.1. The van der Waals surface area contributed by atoms with Crippen molar-refractivity contribution in [2.75, 3.05) is 39.3 Å². The van der Waals surface area contributed by atoms with Gasteiger partial charge in [0.05, 0.1) is 13.2 Å². The summed E-state index contributed by atoms with van der Waals surface area (Å²) in [5, 5.41) is 0. The molecular weight excluding hydrogens is 384 g/mol. The van der Waals surface area contributed by atoms with E-state index in [4.69, 9.17) is 9.47 Å². The van der Waals surface area contributed by atoms with Gasteiger partial charge in [0.25, 0.3) is 0 Å². The van der Waals surface area contributed by atoms with E-state index in [1.807, 2.05) is 42.2 Å². The fourth-order valence-corrected chi connectivity index (χ4v) is 3.61. The Hall–Kier alpha value is -2.41. The van der Waals surface area contributed by atoms with Crippen LogP contribution in [0.2, 0.25) is 0 Å². The number of nitrogens with zero attached hydrogens (tertiary/aromatic N) is 2. The number of esters is 1. The van der Waals surface area contributed by atoms with Crippen LogP contribution in [0.15, 0.2) is 30.3 Å². The molecule has 0 bridgehead atoms. The smallest absolute Gasteiger partial charge is 0.410 e. The number of carbonyl (C=O) groups excluding carboxylic acids is 3. The lowest BCUT2D eigenvalue weighted by molar-refractivity contribution is -0.144. The van der Waals surface area contributed by atoms with E-state index in [1.54, 1.807) is 11.8 Å². The van der Waals surface area contributed by atoms with Crippen molar-refractivity contribution < 1.29 is 23.9 Å². The number of piperidine rings is 1. The predicted octanol–water partition coefficient (Wildman–Crippen LogP) is 3.27. The van der Waals surface area contributed by atoms with Gasteiger partial charge < -0.3 is 14.4 Å². The van der Waals surface area contributed by atoms with Crippen molar-refractivity contribution in [1.29, 1.82) is 0 Å². The normalized spacial score (nSPS) is 14.6. The molecule has 0 unspecified atom stereocenters. The molecule has 0 spiro atoms. The number of rotatable bonds is 11. The minimum absolute atomic E-state index is 0.00306. The maximum absolute atomic E-state index is 12.5. The Labute approximate surface area is 179 Å². The van der Waals surface area contributed by atoms with Gasteiger partial charge in [0.1, 0.15) is 12.4 Å². The van der Waals surface area contributed by atoms with Gasteiger partial charge in [-0.1, -0.05) is 37.3 Å². The molecule has 1 amide bonds. The summed E-state index contributed by atoms with van der Waals surface area (Å²) < 4.78 is 10.4. The molecule has 1 aliphatic rings. The lowest BCUT2D eigenvalue weighted by atomic mass is 9.90. The van der Waals surface area contributed by atoms with Crippen LogP contribution >= 0.6 is 0 Å². The van der Waals surface area contributed by atoms with Crippen LogP contribution in [0.4, 0.5) is 4.79 Å². The summed E-state index contributed by atoms with van der Waals surface area (Å²) in [7, 11) is 0. The van der Waals surface area contributed by atoms with E-state index < -0.39 is 0 Å². The Morgan fingerprint density at radius 1 is 1.07 bits per heavy atom. The molecular formula is C23H34N2O5. The summed E-state index contributed by atoms with van der Waals surface area (Å²) in [5.41, 5.74) is 0.958. The van der Waals surface area contributed by atoms with E-state index in [0.29, 0.717) is 45.5 Å². The Bertz CT molecular complexity index is 671. The zero-order valence-electron chi connectivity index (χ0n) is 18.2. The molecule has 0 atom stereocenters. The van der Waals surface area contributed by atoms with Crippen LogP contribution in [0.25, 0.3) is 0 Å². The van der Waals surface area contributed by atoms with E-state index in [9.17, 15) is 14.4 Å². The van der Waals surface area contributed by atoms with Gasteiger partial charge in [0.2, 0.25) is 0 Å². The van der Waals surface area contributed by atoms with E-state index in [1.165, 1.54) is 0 Å². The molecule has 1 aromatic carbocycles. The van der Waals surface area contributed by atoms with Crippen molar-refractivity contribution >= 4 is 17.8 Å². The van der Waals surface area contributed by atoms with Gasteiger partial charge in [-0.15, -0.1) is 0 Å². The van der Waals surface area contributed by atoms with Crippen molar-refractivity contribution in [1.82, 2.24) is 9.80 Å². The highest BCUT2D eigenvalue weighted by Crippen LogP contribution is 2.21. The number of benzene rings is 1. The first kappa shape index (κ1) is 23.9. The summed E-state index contributed by atoms with van der Waals surface area (Å²) >= 11 is 0. The summed E-state index contributed by atoms with van der Waals surface area (Å²) in [5.74, 6) is 0.0278. The van der Waals surface area contributed by atoms with E-state index in [-0.39, 0.29) is 36.9 Å². The van der Waals surface area contributed by atoms with Gasteiger partial charge in [-0.05, 0) is 44.8 Å². The Morgan fingerprint density at radius 2 is 1.77 bits per heavy atom. The Balaban J connectivity index is 1.64. The fourth-order valence-electron chi connectivity index (χ4n) is 3.61. The van der Waals surface area contributed by atoms with Gasteiger partial charge in [-0.25, -0.2) is 4.79 Å². The second-order valence-corrected chi connectivity index (χ2v) is 7.55. The molecule has 166 valence electrons. The number of ether oxygens (including phenoxy) is 2. The highest BCUT2D eigenvalue weighted by atomic mass is 16.6. The quantitative estimate of drug-likeness (QED) is 0.514. The lowest BCUT2D eigenvalue weighted by Crippen LogP contribution is -2.40. The van der Waals surface area contributed by atoms with Gasteiger partial charge in [-0.3, -0.25) is 14.5 Å². The fraction of sp³-hybridized carbons (Fsp3) is 0.609. The summed E-state index contributed by atoms with van der Waals surface area (Å²) in [6.45, 7) is 7.24. The van der Waals surface area contributed by atoms with Crippen molar-refractivity contribution in [3.05, 3.63) is 35.9 Å². The van der Waals surface area contributed by atoms with E-state index in [2.05, 4.69) is 0 Å². The summed E-state index contributed by atoms with van der Waals surface area (Å²) in [6.07, 6.45) is 2.27. The first-order valence-electron chi connectivity index (χ1n) is 10.9. The van der Waals surface area contributed by atoms with Crippen LogP contribution in [-0.4, -0.2) is 67.0 Å². The molecule has 0 aliphatic carbocycles. The van der Waals surface area contributed by atoms with Gasteiger partial charge in [0, 0.05) is 25.4 Å². The molecule has 1 saturated heterocycles. The number of hydrogen-bond acceptors (Lipinski definition) is 6. The average Bonchev–Trinajstić information content (AvgIpc) is 2.77. The van der Waals surface area contributed by atoms with E-state index >= 15 is 0 Å². The number of ketones is 1. The molecule has 30 heavy (non-hydrogen) atoms. The highest BCUT2D eigenvalue weighted by molar-refractivity contribution is 5.81. The van der Waals surface area contributed by atoms with Crippen LogP contribution in [0.5, 0.6) is 0 Å². The minimum atomic E-state index is -0.317. The van der Waals surface area contributed by atoms with Crippen molar-refractivity contribution in [2.24, 2.45) is 5.92 Å². The zero-order chi connectivity index (χ0) is 21.8. The molecule has 1 aliphatic heterocycles. The highest BCUT2D eigenvalue weighted by Gasteiger charge is 2.27. The van der Waals surface area contributed by atoms with Crippen LogP contribution < -0.4 is 0 Å². The number of hydrogen-bond donors (Lipinski definition) is 0. The number of Topliss-reactive ketones (excluding diaryl/α,β-unsaturated/α-hetero) is 1. The maximum atomic E-state index is 12.5. The second-order valence-electron chi connectivity index (χ2n) is 7.55. The number of amides is 1. The van der Waals surface area contributed by atoms with Crippen molar-refractivity contribution in [3.63, 3.8) is 0 Å². The molecule has 1 heterocycles. The van der Waals surface area contributed by atoms with Gasteiger partial charge in [0.15, 0.2) is 0 Å². The van der Waals surface area contributed by atoms with Gasteiger partial charge >= 0.3 is 12.1 Å². The minimum Gasteiger partial charge on any atom is -0.465 e. The Morgan fingerprint density at radius 3 is 2.40 bits per heavy atom. The SMILES string of the molecule is CCOC(=O)CN(CC)CCCC(=O)C1CCN(C(=O)OCc2ccccc2)CC1.